The SMILES string of the molecule is CN1CCN(CCCCNC(=O)c2ccccc2F)CC1. The fraction of sp³-hybridized carbons (Fsp3) is 0.562. The second-order valence-electron chi connectivity index (χ2n) is 5.59. The lowest BCUT2D eigenvalue weighted by Crippen LogP contribution is -2.44. The molecule has 1 aliphatic rings. The molecule has 0 aromatic heterocycles. The van der Waals surface area contributed by atoms with Gasteiger partial charge in [-0.15, -0.1) is 0 Å². The standard InChI is InChI=1S/C16H24FN3O/c1-19-10-12-20(13-11-19)9-5-4-8-18-16(21)14-6-2-3-7-15(14)17/h2-3,6-7H,4-5,8-13H2,1H3,(H,18,21). The average Bonchev–Trinajstić information content (AvgIpc) is 2.49. The molecule has 21 heavy (non-hydrogen) atoms. The predicted octanol–water partition coefficient (Wildman–Crippen LogP) is 1.58. The fourth-order valence-electron chi connectivity index (χ4n) is 2.47. The summed E-state index contributed by atoms with van der Waals surface area (Å²) in [4.78, 5) is 16.6. The van der Waals surface area contributed by atoms with E-state index in [0.717, 1.165) is 45.6 Å². The maximum absolute atomic E-state index is 13.4. The van der Waals surface area contributed by atoms with E-state index in [9.17, 15) is 9.18 Å². The molecule has 1 aliphatic heterocycles. The molecular formula is C16H24FN3O. The lowest BCUT2D eigenvalue weighted by atomic mass is 10.2. The molecule has 2 rings (SSSR count). The molecule has 0 bridgehead atoms. The summed E-state index contributed by atoms with van der Waals surface area (Å²) in [5.74, 6) is -0.792. The van der Waals surface area contributed by atoms with Crippen molar-refractivity contribution in [2.24, 2.45) is 0 Å². The Labute approximate surface area is 125 Å². The van der Waals surface area contributed by atoms with E-state index in [-0.39, 0.29) is 11.5 Å². The van der Waals surface area contributed by atoms with E-state index in [1.54, 1.807) is 12.1 Å². The monoisotopic (exact) mass is 293 g/mol. The lowest BCUT2D eigenvalue weighted by molar-refractivity contribution is 0.0948. The first-order valence-corrected chi connectivity index (χ1v) is 7.60. The molecule has 1 aromatic carbocycles. The zero-order valence-electron chi connectivity index (χ0n) is 12.6. The summed E-state index contributed by atoms with van der Waals surface area (Å²) in [5.41, 5.74) is 0.122. The van der Waals surface area contributed by atoms with Crippen molar-refractivity contribution >= 4 is 5.91 Å². The first-order chi connectivity index (χ1) is 10.2. The number of amides is 1. The third-order valence-corrected chi connectivity index (χ3v) is 3.90. The van der Waals surface area contributed by atoms with Gasteiger partial charge in [-0.3, -0.25) is 4.79 Å². The number of rotatable bonds is 6. The van der Waals surface area contributed by atoms with Crippen molar-refractivity contribution in [2.45, 2.75) is 12.8 Å². The molecule has 0 unspecified atom stereocenters. The lowest BCUT2D eigenvalue weighted by Gasteiger charge is -2.32. The second kappa shape index (κ2) is 8.10. The topological polar surface area (TPSA) is 35.6 Å². The summed E-state index contributed by atoms with van der Waals surface area (Å²) in [6.45, 7) is 6.18. The van der Waals surface area contributed by atoms with Gasteiger partial charge in [-0.25, -0.2) is 4.39 Å². The molecule has 0 saturated carbocycles. The molecule has 5 heteroatoms. The number of unbranched alkanes of at least 4 members (excludes halogenated alkanes) is 1. The normalized spacial score (nSPS) is 16.9. The van der Waals surface area contributed by atoms with Crippen LogP contribution >= 0.6 is 0 Å². The molecule has 116 valence electrons. The second-order valence-corrected chi connectivity index (χ2v) is 5.59. The van der Waals surface area contributed by atoms with Crippen molar-refractivity contribution in [1.82, 2.24) is 15.1 Å². The van der Waals surface area contributed by atoms with Crippen LogP contribution in [0, 0.1) is 5.82 Å². The highest BCUT2D eigenvalue weighted by Crippen LogP contribution is 2.06. The summed E-state index contributed by atoms with van der Waals surface area (Å²) >= 11 is 0. The fourth-order valence-corrected chi connectivity index (χ4v) is 2.47. The van der Waals surface area contributed by atoms with Crippen LogP contribution in [-0.2, 0) is 0 Å². The number of nitrogens with one attached hydrogen (secondary N) is 1. The van der Waals surface area contributed by atoms with Crippen molar-refractivity contribution in [1.29, 1.82) is 0 Å². The largest absolute Gasteiger partial charge is 0.352 e. The van der Waals surface area contributed by atoms with E-state index in [4.69, 9.17) is 0 Å². The summed E-state index contributed by atoms with van der Waals surface area (Å²) in [6, 6.07) is 6.07. The summed E-state index contributed by atoms with van der Waals surface area (Å²) in [6.07, 6.45) is 1.98. The minimum Gasteiger partial charge on any atom is -0.352 e. The van der Waals surface area contributed by atoms with Crippen molar-refractivity contribution in [3.05, 3.63) is 35.6 Å². The van der Waals surface area contributed by atoms with Crippen LogP contribution in [0.25, 0.3) is 0 Å². The van der Waals surface area contributed by atoms with Crippen molar-refractivity contribution in [3.63, 3.8) is 0 Å². The van der Waals surface area contributed by atoms with Crippen LogP contribution in [0.4, 0.5) is 4.39 Å². The first-order valence-electron chi connectivity index (χ1n) is 7.60. The number of carbonyl (C=O) groups excluding carboxylic acids is 1. The van der Waals surface area contributed by atoms with Crippen LogP contribution in [0.3, 0.4) is 0 Å². The molecular weight excluding hydrogens is 269 g/mol. The third kappa shape index (κ3) is 5.10. The molecule has 1 fully saturated rings. The smallest absolute Gasteiger partial charge is 0.254 e. The van der Waals surface area contributed by atoms with Gasteiger partial charge < -0.3 is 15.1 Å². The van der Waals surface area contributed by atoms with Crippen LogP contribution in [0.15, 0.2) is 24.3 Å². The zero-order valence-corrected chi connectivity index (χ0v) is 12.6. The zero-order chi connectivity index (χ0) is 15.1. The van der Waals surface area contributed by atoms with Gasteiger partial charge in [0.2, 0.25) is 0 Å². The predicted molar refractivity (Wildman–Crippen MR) is 81.9 cm³/mol. The Hall–Kier alpha value is -1.46. The first kappa shape index (κ1) is 15.9. The highest BCUT2D eigenvalue weighted by molar-refractivity contribution is 5.94. The van der Waals surface area contributed by atoms with E-state index >= 15 is 0 Å². The molecule has 1 aromatic rings. The minimum atomic E-state index is -0.465. The van der Waals surface area contributed by atoms with Crippen LogP contribution in [0.5, 0.6) is 0 Å². The number of carbonyl (C=O) groups is 1. The van der Waals surface area contributed by atoms with E-state index in [2.05, 4.69) is 22.2 Å². The van der Waals surface area contributed by atoms with Crippen LogP contribution < -0.4 is 5.32 Å². The molecule has 1 heterocycles. The van der Waals surface area contributed by atoms with Crippen molar-refractivity contribution < 1.29 is 9.18 Å². The van der Waals surface area contributed by atoms with Crippen molar-refractivity contribution in [2.75, 3.05) is 46.3 Å². The molecule has 1 saturated heterocycles. The van der Waals surface area contributed by atoms with Gasteiger partial charge in [0, 0.05) is 32.7 Å². The number of likely N-dealkylation sites (N-methyl/N-ethyl adjacent to an activating group) is 1. The third-order valence-electron chi connectivity index (χ3n) is 3.90. The van der Waals surface area contributed by atoms with Gasteiger partial charge in [0.25, 0.3) is 5.91 Å². The van der Waals surface area contributed by atoms with Gasteiger partial charge in [-0.05, 0) is 38.6 Å². The van der Waals surface area contributed by atoms with Gasteiger partial charge in [0.05, 0.1) is 5.56 Å². The number of hydrogen-bond acceptors (Lipinski definition) is 3. The van der Waals surface area contributed by atoms with Crippen LogP contribution in [-0.4, -0.2) is 62.0 Å². The van der Waals surface area contributed by atoms with E-state index in [0.29, 0.717) is 6.54 Å². The van der Waals surface area contributed by atoms with Gasteiger partial charge in [-0.2, -0.15) is 0 Å². The minimum absolute atomic E-state index is 0.122. The van der Waals surface area contributed by atoms with Crippen LogP contribution in [0.1, 0.15) is 23.2 Å². The summed E-state index contributed by atoms with van der Waals surface area (Å²) in [7, 11) is 2.15. The number of halogens is 1. The quantitative estimate of drug-likeness (QED) is 0.809. The van der Waals surface area contributed by atoms with Crippen LogP contribution in [0.2, 0.25) is 0 Å². The number of benzene rings is 1. The number of nitrogens with zero attached hydrogens (tertiary/aromatic N) is 2. The Morgan fingerprint density at radius 2 is 1.90 bits per heavy atom. The summed E-state index contributed by atoms with van der Waals surface area (Å²) in [5, 5.41) is 2.78. The van der Waals surface area contributed by atoms with Gasteiger partial charge in [0.15, 0.2) is 0 Å². The molecule has 0 radical (unpaired) electrons. The molecule has 1 amide bonds. The highest BCUT2D eigenvalue weighted by atomic mass is 19.1. The Kier molecular flexibility index (Phi) is 6.14. The average molecular weight is 293 g/mol. The molecule has 0 aliphatic carbocycles. The van der Waals surface area contributed by atoms with Gasteiger partial charge >= 0.3 is 0 Å². The number of hydrogen-bond donors (Lipinski definition) is 1. The van der Waals surface area contributed by atoms with Crippen molar-refractivity contribution in [3.8, 4) is 0 Å². The molecule has 4 nitrogen and oxygen atoms in total. The highest BCUT2D eigenvalue weighted by Gasteiger charge is 2.13. The van der Waals surface area contributed by atoms with E-state index < -0.39 is 5.82 Å². The molecule has 1 N–H and O–H groups in total. The Morgan fingerprint density at radius 3 is 2.62 bits per heavy atom. The maximum atomic E-state index is 13.4. The van der Waals surface area contributed by atoms with E-state index in [1.807, 2.05) is 0 Å². The molecule has 0 atom stereocenters. The van der Waals surface area contributed by atoms with Gasteiger partial charge in [0.1, 0.15) is 5.82 Å². The molecule has 0 spiro atoms. The van der Waals surface area contributed by atoms with E-state index in [1.165, 1.54) is 12.1 Å². The Balaban J connectivity index is 1.60. The Bertz CT molecular complexity index is 459. The number of piperazine rings is 1. The van der Waals surface area contributed by atoms with Gasteiger partial charge in [-0.1, -0.05) is 12.1 Å². The Morgan fingerprint density at radius 1 is 1.19 bits per heavy atom. The maximum Gasteiger partial charge on any atom is 0.254 e. The summed E-state index contributed by atoms with van der Waals surface area (Å²) < 4.78 is 13.4.